The summed E-state index contributed by atoms with van der Waals surface area (Å²) in [5.41, 5.74) is 0.938. The Labute approximate surface area is 115 Å². The standard InChI is InChI=1S/C14H24N4O/c1-9(2)14-17-11(5)8-12(18-14)15-7-6-13(19)16-10(3)4/h8-10H,6-7H2,1-5H3,(H,16,19)(H,15,17,18). The molecule has 1 aromatic heterocycles. The fourth-order valence-corrected chi connectivity index (χ4v) is 1.64. The predicted molar refractivity (Wildman–Crippen MR) is 77.2 cm³/mol. The first-order chi connectivity index (χ1) is 8.88. The molecule has 0 radical (unpaired) electrons. The van der Waals surface area contributed by atoms with E-state index in [-0.39, 0.29) is 11.9 Å². The Morgan fingerprint density at radius 1 is 1.26 bits per heavy atom. The van der Waals surface area contributed by atoms with Gasteiger partial charge in [0.15, 0.2) is 0 Å². The average Bonchev–Trinajstić information content (AvgIpc) is 2.27. The van der Waals surface area contributed by atoms with E-state index in [9.17, 15) is 4.79 Å². The van der Waals surface area contributed by atoms with Crippen molar-refractivity contribution in [2.24, 2.45) is 0 Å². The van der Waals surface area contributed by atoms with Gasteiger partial charge in [-0.2, -0.15) is 0 Å². The molecule has 2 N–H and O–H groups in total. The van der Waals surface area contributed by atoms with Crippen LogP contribution in [0.3, 0.4) is 0 Å². The summed E-state index contributed by atoms with van der Waals surface area (Å²) in [6, 6.07) is 2.08. The number of aryl methyl sites for hydroxylation is 1. The van der Waals surface area contributed by atoms with Gasteiger partial charge in [-0.3, -0.25) is 4.79 Å². The number of nitrogens with zero attached hydrogens (tertiary/aromatic N) is 2. The Morgan fingerprint density at radius 3 is 2.53 bits per heavy atom. The molecule has 5 nitrogen and oxygen atoms in total. The van der Waals surface area contributed by atoms with Gasteiger partial charge < -0.3 is 10.6 Å². The van der Waals surface area contributed by atoms with Crippen LogP contribution in [0.2, 0.25) is 0 Å². The first-order valence-corrected chi connectivity index (χ1v) is 6.77. The number of anilines is 1. The van der Waals surface area contributed by atoms with E-state index < -0.39 is 0 Å². The van der Waals surface area contributed by atoms with E-state index in [0.29, 0.717) is 18.9 Å². The van der Waals surface area contributed by atoms with Gasteiger partial charge in [-0.05, 0) is 20.8 Å². The van der Waals surface area contributed by atoms with E-state index in [1.807, 2.05) is 26.8 Å². The molecule has 0 aliphatic rings. The lowest BCUT2D eigenvalue weighted by Crippen LogP contribution is -2.31. The van der Waals surface area contributed by atoms with Crippen molar-refractivity contribution in [1.82, 2.24) is 15.3 Å². The number of carbonyl (C=O) groups excluding carboxylic acids is 1. The van der Waals surface area contributed by atoms with Crippen molar-refractivity contribution in [2.75, 3.05) is 11.9 Å². The normalized spacial score (nSPS) is 10.9. The Bertz CT molecular complexity index is 429. The lowest BCUT2D eigenvalue weighted by molar-refractivity contribution is -0.121. The number of nitrogens with one attached hydrogen (secondary N) is 2. The zero-order valence-corrected chi connectivity index (χ0v) is 12.4. The van der Waals surface area contributed by atoms with Crippen LogP contribution < -0.4 is 10.6 Å². The molecule has 0 aliphatic carbocycles. The molecule has 0 aliphatic heterocycles. The summed E-state index contributed by atoms with van der Waals surface area (Å²) in [5, 5.41) is 6.03. The minimum atomic E-state index is 0.0531. The van der Waals surface area contributed by atoms with Crippen molar-refractivity contribution >= 4 is 11.7 Å². The van der Waals surface area contributed by atoms with Crippen LogP contribution in [0.1, 0.15) is 51.6 Å². The van der Waals surface area contributed by atoms with E-state index in [1.165, 1.54) is 0 Å². The monoisotopic (exact) mass is 264 g/mol. The minimum absolute atomic E-state index is 0.0531. The summed E-state index contributed by atoms with van der Waals surface area (Å²) < 4.78 is 0. The van der Waals surface area contributed by atoms with Crippen molar-refractivity contribution in [2.45, 2.75) is 53.0 Å². The maximum absolute atomic E-state index is 11.5. The largest absolute Gasteiger partial charge is 0.369 e. The molecular weight excluding hydrogens is 240 g/mol. The predicted octanol–water partition coefficient (Wildman–Crippen LogP) is 2.24. The van der Waals surface area contributed by atoms with Crippen LogP contribution in [-0.2, 0) is 4.79 Å². The van der Waals surface area contributed by atoms with Crippen LogP contribution in [0.4, 0.5) is 5.82 Å². The van der Waals surface area contributed by atoms with Crippen LogP contribution >= 0.6 is 0 Å². The van der Waals surface area contributed by atoms with Crippen LogP contribution in [0.25, 0.3) is 0 Å². The second kappa shape index (κ2) is 7.07. The second-order valence-corrected chi connectivity index (χ2v) is 5.31. The summed E-state index contributed by atoms with van der Waals surface area (Å²) in [5.74, 6) is 1.96. The number of carbonyl (C=O) groups is 1. The molecule has 106 valence electrons. The molecule has 1 heterocycles. The van der Waals surface area contributed by atoms with E-state index >= 15 is 0 Å². The molecule has 0 unspecified atom stereocenters. The molecule has 1 amide bonds. The molecule has 19 heavy (non-hydrogen) atoms. The van der Waals surface area contributed by atoms with Crippen molar-refractivity contribution in [3.63, 3.8) is 0 Å². The molecule has 0 saturated heterocycles. The third-order valence-electron chi connectivity index (χ3n) is 2.50. The van der Waals surface area contributed by atoms with Crippen LogP contribution in [0, 0.1) is 6.92 Å². The minimum Gasteiger partial charge on any atom is -0.369 e. The highest BCUT2D eigenvalue weighted by Crippen LogP contribution is 2.13. The summed E-state index contributed by atoms with van der Waals surface area (Å²) in [4.78, 5) is 20.3. The molecule has 1 aromatic rings. The summed E-state index contributed by atoms with van der Waals surface area (Å²) in [7, 11) is 0. The molecule has 0 bridgehead atoms. The lowest BCUT2D eigenvalue weighted by Gasteiger charge is -2.11. The average molecular weight is 264 g/mol. The van der Waals surface area contributed by atoms with Gasteiger partial charge >= 0.3 is 0 Å². The summed E-state index contributed by atoms with van der Waals surface area (Å²) in [6.07, 6.45) is 0.443. The fourth-order valence-electron chi connectivity index (χ4n) is 1.64. The van der Waals surface area contributed by atoms with E-state index in [0.717, 1.165) is 17.3 Å². The SMILES string of the molecule is Cc1cc(NCCC(=O)NC(C)C)nc(C(C)C)n1. The quantitative estimate of drug-likeness (QED) is 0.827. The van der Waals surface area contributed by atoms with Crippen molar-refractivity contribution in [3.8, 4) is 0 Å². The highest BCUT2D eigenvalue weighted by molar-refractivity contribution is 5.76. The van der Waals surface area contributed by atoms with Gasteiger partial charge in [0.25, 0.3) is 0 Å². The zero-order chi connectivity index (χ0) is 14.4. The Kier molecular flexibility index (Phi) is 5.73. The molecule has 0 atom stereocenters. The topological polar surface area (TPSA) is 66.9 Å². The second-order valence-electron chi connectivity index (χ2n) is 5.31. The van der Waals surface area contributed by atoms with E-state index in [4.69, 9.17) is 0 Å². The molecule has 0 aromatic carbocycles. The first kappa shape index (κ1) is 15.4. The van der Waals surface area contributed by atoms with Gasteiger partial charge in [-0.25, -0.2) is 9.97 Å². The van der Waals surface area contributed by atoms with Crippen LogP contribution in [-0.4, -0.2) is 28.5 Å². The lowest BCUT2D eigenvalue weighted by atomic mass is 10.2. The number of aromatic nitrogens is 2. The van der Waals surface area contributed by atoms with Gasteiger partial charge in [0.05, 0.1) is 0 Å². The van der Waals surface area contributed by atoms with Gasteiger partial charge in [-0.1, -0.05) is 13.8 Å². The van der Waals surface area contributed by atoms with Gasteiger partial charge in [0.1, 0.15) is 11.6 Å². The number of hydrogen-bond donors (Lipinski definition) is 2. The van der Waals surface area contributed by atoms with Gasteiger partial charge in [-0.15, -0.1) is 0 Å². The van der Waals surface area contributed by atoms with E-state index in [2.05, 4.69) is 34.4 Å². The van der Waals surface area contributed by atoms with Crippen molar-refractivity contribution in [1.29, 1.82) is 0 Å². The Balaban J connectivity index is 2.51. The fraction of sp³-hybridized carbons (Fsp3) is 0.643. The molecule has 0 spiro atoms. The number of amides is 1. The molecular formula is C14H24N4O. The number of rotatable bonds is 6. The maximum atomic E-state index is 11.5. The third-order valence-corrected chi connectivity index (χ3v) is 2.50. The molecule has 0 saturated carbocycles. The van der Waals surface area contributed by atoms with Crippen molar-refractivity contribution < 1.29 is 4.79 Å². The molecule has 5 heteroatoms. The molecule has 0 fully saturated rings. The summed E-state index contributed by atoms with van der Waals surface area (Å²) in [6.45, 7) is 10.6. The third kappa shape index (κ3) is 5.68. The molecule has 1 rings (SSSR count). The van der Waals surface area contributed by atoms with Gasteiger partial charge in [0.2, 0.25) is 5.91 Å². The highest BCUT2D eigenvalue weighted by Gasteiger charge is 2.07. The maximum Gasteiger partial charge on any atom is 0.221 e. The Hall–Kier alpha value is -1.65. The smallest absolute Gasteiger partial charge is 0.221 e. The zero-order valence-electron chi connectivity index (χ0n) is 12.4. The first-order valence-electron chi connectivity index (χ1n) is 6.77. The number of hydrogen-bond acceptors (Lipinski definition) is 4. The Morgan fingerprint density at radius 2 is 1.95 bits per heavy atom. The van der Waals surface area contributed by atoms with Crippen LogP contribution in [0.5, 0.6) is 0 Å². The van der Waals surface area contributed by atoms with Crippen molar-refractivity contribution in [3.05, 3.63) is 17.6 Å². The summed E-state index contributed by atoms with van der Waals surface area (Å²) >= 11 is 0. The highest BCUT2D eigenvalue weighted by atomic mass is 16.1. The van der Waals surface area contributed by atoms with Crippen LogP contribution in [0.15, 0.2) is 6.07 Å². The van der Waals surface area contributed by atoms with E-state index in [1.54, 1.807) is 0 Å². The van der Waals surface area contributed by atoms with Gasteiger partial charge in [0, 0.05) is 36.7 Å².